The van der Waals surface area contributed by atoms with Crippen LogP contribution in [0.2, 0.25) is 0 Å². The zero-order valence-electron chi connectivity index (χ0n) is 15.7. The molecule has 4 heteroatoms. The Bertz CT molecular complexity index is 658. The molecule has 0 N–H and O–H groups in total. The number of alkyl halides is 2. The summed E-state index contributed by atoms with van der Waals surface area (Å²) in [5.41, 5.74) is 1.21. The number of halogens is 2. The average Bonchev–Trinajstić information content (AvgIpc) is 2.68. The first kappa shape index (κ1) is 21.2. The Morgan fingerprint density at radius 2 is 1.38 bits per heavy atom. The maximum Gasteiger partial charge on any atom is 0.130 e. The first-order valence-corrected chi connectivity index (χ1v) is 10.8. The van der Waals surface area contributed by atoms with Gasteiger partial charge in [-0.1, -0.05) is 31.2 Å². The van der Waals surface area contributed by atoms with E-state index in [1.54, 1.807) is 0 Å². The predicted molar refractivity (Wildman–Crippen MR) is 113 cm³/mol. The van der Waals surface area contributed by atoms with E-state index in [0.717, 1.165) is 92.2 Å². The van der Waals surface area contributed by atoms with Crippen LogP contribution in [0.25, 0.3) is 10.8 Å². The Hall–Kier alpha value is -1.12. The number of ether oxygens (including phenoxy) is 2. The SMILES string of the molecule is CCc1cc(OCCCCCCl)c2ccccc2c1OCCCCCCl. The van der Waals surface area contributed by atoms with Crippen LogP contribution in [-0.4, -0.2) is 25.0 Å². The number of benzene rings is 2. The van der Waals surface area contributed by atoms with Crippen LogP contribution in [-0.2, 0) is 6.42 Å². The van der Waals surface area contributed by atoms with Gasteiger partial charge in [-0.05, 0) is 56.6 Å². The molecule has 2 aromatic carbocycles. The van der Waals surface area contributed by atoms with E-state index < -0.39 is 0 Å². The minimum Gasteiger partial charge on any atom is -0.493 e. The van der Waals surface area contributed by atoms with Gasteiger partial charge >= 0.3 is 0 Å². The summed E-state index contributed by atoms with van der Waals surface area (Å²) in [7, 11) is 0. The summed E-state index contributed by atoms with van der Waals surface area (Å²) in [6.45, 7) is 3.61. The van der Waals surface area contributed by atoms with Gasteiger partial charge in [-0.2, -0.15) is 0 Å². The Balaban J connectivity index is 2.14. The van der Waals surface area contributed by atoms with Gasteiger partial charge in [0.15, 0.2) is 0 Å². The zero-order valence-corrected chi connectivity index (χ0v) is 17.2. The molecule has 0 unspecified atom stereocenters. The molecule has 26 heavy (non-hydrogen) atoms. The molecule has 2 aromatic rings. The number of hydrogen-bond acceptors (Lipinski definition) is 2. The average molecular weight is 397 g/mol. The second-order valence-corrected chi connectivity index (χ2v) is 7.21. The second-order valence-electron chi connectivity index (χ2n) is 6.46. The van der Waals surface area contributed by atoms with Crippen molar-refractivity contribution in [2.45, 2.75) is 51.9 Å². The summed E-state index contributed by atoms with van der Waals surface area (Å²) >= 11 is 11.5. The van der Waals surface area contributed by atoms with E-state index in [9.17, 15) is 0 Å². The van der Waals surface area contributed by atoms with Gasteiger partial charge in [0.2, 0.25) is 0 Å². The lowest BCUT2D eigenvalue weighted by atomic mass is 10.0. The van der Waals surface area contributed by atoms with Crippen molar-refractivity contribution in [2.24, 2.45) is 0 Å². The number of hydrogen-bond donors (Lipinski definition) is 0. The van der Waals surface area contributed by atoms with Crippen molar-refractivity contribution >= 4 is 34.0 Å². The lowest BCUT2D eigenvalue weighted by molar-refractivity contribution is 0.301. The summed E-state index contributed by atoms with van der Waals surface area (Å²) in [6.07, 6.45) is 7.28. The van der Waals surface area contributed by atoms with Crippen LogP contribution in [0.5, 0.6) is 11.5 Å². The molecule has 144 valence electrons. The van der Waals surface area contributed by atoms with Gasteiger partial charge in [0.1, 0.15) is 11.5 Å². The molecule has 0 saturated carbocycles. The van der Waals surface area contributed by atoms with Crippen LogP contribution in [0.15, 0.2) is 30.3 Å². The first-order valence-electron chi connectivity index (χ1n) is 9.74. The molecule has 0 radical (unpaired) electrons. The second kappa shape index (κ2) is 12.3. The molecule has 0 aliphatic heterocycles. The van der Waals surface area contributed by atoms with Crippen molar-refractivity contribution in [1.29, 1.82) is 0 Å². The fourth-order valence-corrected chi connectivity index (χ4v) is 3.40. The maximum absolute atomic E-state index is 6.19. The van der Waals surface area contributed by atoms with E-state index >= 15 is 0 Å². The fraction of sp³-hybridized carbons (Fsp3) is 0.545. The highest BCUT2D eigenvalue weighted by Crippen LogP contribution is 2.37. The monoisotopic (exact) mass is 396 g/mol. The normalized spacial score (nSPS) is 11.0. The molecular formula is C22H30Cl2O2. The molecule has 2 rings (SSSR count). The van der Waals surface area contributed by atoms with Gasteiger partial charge in [0, 0.05) is 22.5 Å². The van der Waals surface area contributed by atoms with E-state index in [2.05, 4.69) is 37.3 Å². The van der Waals surface area contributed by atoms with E-state index in [4.69, 9.17) is 32.7 Å². The van der Waals surface area contributed by atoms with Crippen LogP contribution >= 0.6 is 23.2 Å². The lowest BCUT2D eigenvalue weighted by Crippen LogP contribution is -2.03. The van der Waals surface area contributed by atoms with Gasteiger partial charge in [-0.15, -0.1) is 23.2 Å². The van der Waals surface area contributed by atoms with Crippen LogP contribution in [0.1, 0.15) is 51.0 Å². The van der Waals surface area contributed by atoms with Gasteiger partial charge in [-0.25, -0.2) is 0 Å². The summed E-state index contributed by atoms with van der Waals surface area (Å²) in [5.74, 6) is 3.40. The minimum atomic E-state index is 0.722. The molecule has 0 bridgehead atoms. The van der Waals surface area contributed by atoms with Crippen LogP contribution in [0, 0.1) is 0 Å². The highest BCUT2D eigenvalue weighted by Gasteiger charge is 2.13. The number of rotatable bonds is 13. The highest BCUT2D eigenvalue weighted by molar-refractivity contribution is 6.18. The van der Waals surface area contributed by atoms with Crippen molar-refractivity contribution in [3.63, 3.8) is 0 Å². The maximum atomic E-state index is 6.19. The third kappa shape index (κ3) is 6.25. The fourth-order valence-electron chi connectivity index (χ4n) is 3.03. The summed E-state index contributed by atoms with van der Waals surface area (Å²) in [4.78, 5) is 0. The number of fused-ring (bicyclic) bond motifs is 1. The van der Waals surface area contributed by atoms with Crippen molar-refractivity contribution in [1.82, 2.24) is 0 Å². The molecule has 0 aliphatic rings. The van der Waals surface area contributed by atoms with E-state index in [-0.39, 0.29) is 0 Å². The van der Waals surface area contributed by atoms with Crippen molar-refractivity contribution in [3.8, 4) is 11.5 Å². The molecule has 0 spiro atoms. The lowest BCUT2D eigenvalue weighted by Gasteiger charge is -2.17. The highest BCUT2D eigenvalue weighted by atomic mass is 35.5. The Morgan fingerprint density at radius 1 is 0.769 bits per heavy atom. The van der Waals surface area contributed by atoms with Crippen LogP contribution < -0.4 is 9.47 Å². The molecule has 0 heterocycles. The van der Waals surface area contributed by atoms with Crippen molar-refractivity contribution < 1.29 is 9.47 Å². The summed E-state index contributed by atoms with van der Waals surface area (Å²) in [5, 5.41) is 2.26. The largest absolute Gasteiger partial charge is 0.493 e. The number of unbranched alkanes of at least 4 members (excludes halogenated alkanes) is 4. The van der Waals surface area contributed by atoms with Crippen molar-refractivity contribution in [3.05, 3.63) is 35.9 Å². The smallest absolute Gasteiger partial charge is 0.130 e. The molecule has 0 saturated heterocycles. The van der Waals surface area contributed by atoms with E-state index in [1.807, 2.05) is 0 Å². The summed E-state index contributed by atoms with van der Waals surface area (Å²) in [6, 6.07) is 10.5. The van der Waals surface area contributed by atoms with Crippen molar-refractivity contribution in [2.75, 3.05) is 25.0 Å². The molecule has 0 aromatic heterocycles. The van der Waals surface area contributed by atoms with Gasteiger partial charge in [-0.3, -0.25) is 0 Å². The molecule has 0 fully saturated rings. The zero-order chi connectivity index (χ0) is 18.6. The Labute approximate surface area is 167 Å². The van der Waals surface area contributed by atoms with Gasteiger partial charge in [0.25, 0.3) is 0 Å². The standard InChI is InChI=1S/C22H30Cl2O2/c1-2-18-17-21(25-15-9-3-7-13-23)19-11-5-6-12-20(19)22(18)26-16-10-4-8-14-24/h5-6,11-12,17H,2-4,7-10,13-16H2,1H3. The molecule has 0 atom stereocenters. The van der Waals surface area contributed by atoms with E-state index in [1.165, 1.54) is 5.56 Å². The molecular weight excluding hydrogens is 367 g/mol. The molecule has 0 aliphatic carbocycles. The molecule has 2 nitrogen and oxygen atoms in total. The quantitative estimate of drug-likeness (QED) is 0.268. The third-order valence-electron chi connectivity index (χ3n) is 4.47. The number of aryl methyl sites for hydroxylation is 1. The predicted octanol–water partition coefficient (Wildman–Crippen LogP) is 6.98. The topological polar surface area (TPSA) is 18.5 Å². The van der Waals surface area contributed by atoms with Gasteiger partial charge < -0.3 is 9.47 Å². The van der Waals surface area contributed by atoms with Crippen LogP contribution in [0.4, 0.5) is 0 Å². The Morgan fingerprint density at radius 3 is 2.00 bits per heavy atom. The van der Waals surface area contributed by atoms with Crippen LogP contribution in [0.3, 0.4) is 0 Å². The first-order chi connectivity index (χ1) is 12.8. The van der Waals surface area contributed by atoms with Gasteiger partial charge in [0.05, 0.1) is 13.2 Å². The summed E-state index contributed by atoms with van der Waals surface area (Å²) < 4.78 is 12.3. The Kier molecular flexibility index (Phi) is 10.0. The van der Waals surface area contributed by atoms with E-state index in [0.29, 0.717) is 0 Å². The third-order valence-corrected chi connectivity index (χ3v) is 5.01. The molecule has 0 amide bonds. The minimum absolute atomic E-state index is 0.722.